The number of hydrazine groups is 1. The van der Waals surface area contributed by atoms with Gasteiger partial charge in [-0.05, 0) is 36.4 Å². The van der Waals surface area contributed by atoms with Crippen LogP contribution in [0.25, 0.3) is 0 Å². The number of carboxylic acid groups (broad SMARTS) is 1. The second kappa shape index (κ2) is 7.90. The molecule has 2 aromatic rings. The van der Waals surface area contributed by atoms with Crippen LogP contribution in [-0.2, 0) is 4.79 Å². The largest absolute Gasteiger partial charge is 0.480 e. The van der Waals surface area contributed by atoms with Gasteiger partial charge >= 0.3 is 5.97 Å². The molecule has 9 nitrogen and oxygen atoms in total. The molecule has 0 aliphatic carbocycles. The van der Waals surface area contributed by atoms with Crippen molar-refractivity contribution in [3.8, 4) is 0 Å². The van der Waals surface area contributed by atoms with Crippen LogP contribution in [0.1, 0.15) is 20.7 Å². The SMILES string of the molecule is NNc1cc(C(=O)Nc2ccc(C(=O)NCC(=O)O)cc2)ccc1[NH3+]. The molecule has 25 heavy (non-hydrogen) atoms. The van der Waals surface area contributed by atoms with Crippen molar-refractivity contribution in [2.24, 2.45) is 5.84 Å². The lowest BCUT2D eigenvalue weighted by molar-refractivity contribution is -0.253. The quantitative estimate of drug-likeness (QED) is 0.317. The van der Waals surface area contributed by atoms with Gasteiger partial charge in [-0.15, -0.1) is 0 Å². The average Bonchev–Trinajstić information content (AvgIpc) is 2.60. The van der Waals surface area contributed by atoms with Gasteiger partial charge in [0.15, 0.2) is 5.69 Å². The van der Waals surface area contributed by atoms with Gasteiger partial charge < -0.3 is 26.9 Å². The summed E-state index contributed by atoms with van der Waals surface area (Å²) in [6, 6.07) is 10.9. The molecule has 0 aromatic heterocycles. The number of benzene rings is 2. The number of carbonyl (C=O) groups excluding carboxylic acids is 2. The summed E-state index contributed by atoms with van der Waals surface area (Å²) in [4.78, 5) is 34.4. The smallest absolute Gasteiger partial charge is 0.322 e. The van der Waals surface area contributed by atoms with Crippen LogP contribution < -0.4 is 27.6 Å². The summed E-state index contributed by atoms with van der Waals surface area (Å²) >= 11 is 0. The molecule has 0 aliphatic heterocycles. The van der Waals surface area contributed by atoms with Crippen LogP contribution in [-0.4, -0.2) is 29.4 Å². The third-order valence-corrected chi connectivity index (χ3v) is 3.33. The van der Waals surface area contributed by atoms with Crippen LogP contribution in [0.2, 0.25) is 0 Å². The van der Waals surface area contributed by atoms with Crippen LogP contribution in [0.5, 0.6) is 0 Å². The van der Waals surface area contributed by atoms with Gasteiger partial charge in [0.2, 0.25) is 0 Å². The zero-order valence-corrected chi connectivity index (χ0v) is 13.2. The number of carbonyl (C=O) groups is 3. The Bertz CT molecular complexity index is 805. The molecule has 0 heterocycles. The van der Waals surface area contributed by atoms with Gasteiger partial charge in [-0.2, -0.15) is 0 Å². The minimum Gasteiger partial charge on any atom is -0.480 e. The van der Waals surface area contributed by atoms with E-state index in [9.17, 15) is 14.4 Å². The van der Waals surface area contributed by atoms with Gasteiger partial charge in [-0.3, -0.25) is 20.2 Å². The summed E-state index contributed by atoms with van der Waals surface area (Å²) in [5.41, 5.74) is 8.61. The molecule has 9 N–H and O–H groups in total. The molecule has 2 rings (SSSR count). The summed E-state index contributed by atoms with van der Waals surface area (Å²) in [6.07, 6.45) is 0. The number of aliphatic carboxylic acids is 1. The first-order valence-electron chi connectivity index (χ1n) is 7.24. The third-order valence-electron chi connectivity index (χ3n) is 3.33. The first kappa shape index (κ1) is 17.9. The monoisotopic (exact) mass is 344 g/mol. The fourth-order valence-corrected chi connectivity index (χ4v) is 2.02. The Balaban J connectivity index is 2.04. The maximum atomic E-state index is 12.2. The Morgan fingerprint density at radius 1 is 1.00 bits per heavy atom. The molecular weight excluding hydrogens is 326 g/mol. The van der Waals surface area contributed by atoms with Crippen LogP contribution in [0, 0.1) is 0 Å². The summed E-state index contributed by atoms with van der Waals surface area (Å²) in [5.74, 6) is 3.38. The predicted molar refractivity (Wildman–Crippen MR) is 91.2 cm³/mol. The highest BCUT2D eigenvalue weighted by Gasteiger charge is 2.11. The number of nitrogen functional groups attached to an aromatic ring is 1. The number of carboxylic acids is 1. The molecule has 2 aromatic carbocycles. The predicted octanol–water partition coefficient (Wildman–Crippen LogP) is -0.0877. The topological polar surface area (TPSA) is 161 Å². The molecule has 2 amide bonds. The van der Waals surface area contributed by atoms with Crippen LogP contribution in [0.4, 0.5) is 17.1 Å². The van der Waals surface area contributed by atoms with E-state index in [1.54, 1.807) is 30.3 Å². The second-order valence-electron chi connectivity index (χ2n) is 5.12. The average molecular weight is 344 g/mol. The van der Waals surface area contributed by atoms with E-state index in [-0.39, 0.29) is 11.5 Å². The van der Waals surface area contributed by atoms with Crippen LogP contribution in [0.15, 0.2) is 42.5 Å². The van der Waals surface area contributed by atoms with E-state index in [2.05, 4.69) is 21.8 Å². The number of hydrogen-bond donors (Lipinski definition) is 6. The zero-order valence-electron chi connectivity index (χ0n) is 13.2. The second-order valence-corrected chi connectivity index (χ2v) is 5.12. The van der Waals surface area contributed by atoms with Gasteiger partial charge in [-0.25, -0.2) is 0 Å². The van der Waals surface area contributed by atoms with Crippen molar-refractivity contribution in [2.75, 3.05) is 17.3 Å². The summed E-state index contributed by atoms with van der Waals surface area (Å²) in [5, 5.41) is 13.5. The molecule has 0 saturated heterocycles. The summed E-state index contributed by atoms with van der Waals surface area (Å²) < 4.78 is 0. The lowest BCUT2D eigenvalue weighted by Crippen LogP contribution is -2.41. The number of hydrogen-bond acceptors (Lipinski definition) is 5. The zero-order chi connectivity index (χ0) is 18.4. The normalized spacial score (nSPS) is 10.0. The van der Waals surface area contributed by atoms with Crippen LogP contribution >= 0.6 is 0 Å². The molecule has 0 unspecified atom stereocenters. The molecule has 9 heteroatoms. The van der Waals surface area contributed by atoms with E-state index in [1.165, 1.54) is 12.1 Å². The number of anilines is 2. The van der Waals surface area contributed by atoms with Gasteiger partial charge in [0, 0.05) is 22.9 Å². The maximum Gasteiger partial charge on any atom is 0.322 e. The molecule has 0 aliphatic rings. The first-order chi connectivity index (χ1) is 11.9. The van der Waals surface area contributed by atoms with Crippen molar-refractivity contribution in [3.63, 3.8) is 0 Å². The van der Waals surface area contributed by atoms with Gasteiger partial charge in [0.1, 0.15) is 12.2 Å². The molecule has 0 spiro atoms. The fourth-order valence-electron chi connectivity index (χ4n) is 2.02. The molecular formula is C16H18N5O4+. The van der Waals surface area contributed by atoms with Crippen molar-refractivity contribution >= 4 is 34.8 Å². The highest BCUT2D eigenvalue weighted by Crippen LogP contribution is 2.18. The van der Waals surface area contributed by atoms with Gasteiger partial charge in [-0.1, -0.05) is 0 Å². The Kier molecular flexibility index (Phi) is 5.66. The fraction of sp³-hybridized carbons (Fsp3) is 0.0625. The Hall–Kier alpha value is -3.43. The van der Waals surface area contributed by atoms with E-state index in [1.807, 2.05) is 0 Å². The van der Waals surface area contributed by atoms with Crippen LogP contribution in [0.3, 0.4) is 0 Å². The Labute approximate surface area is 143 Å². The van der Waals surface area contributed by atoms with Crippen molar-refractivity contribution < 1.29 is 25.2 Å². The van der Waals surface area contributed by atoms with Gasteiger partial charge in [0.25, 0.3) is 11.8 Å². The van der Waals surface area contributed by atoms with E-state index < -0.39 is 18.4 Å². The molecule has 0 radical (unpaired) electrons. The Morgan fingerprint density at radius 2 is 1.64 bits per heavy atom. The summed E-state index contributed by atoms with van der Waals surface area (Å²) in [7, 11) is 0. The molecule has 0 fully saturated rings. The molecule has 0 bridgehead atoms. The standard InChI is InChI=1S/C16H17N5O4/c17-12-6-3-10(7-13(12)21-18)16(25)20-11-4-1-9(2-5-11)15(24)19-8-14(22)23/h1-7,21H,8,17-18H2,(H,19,24)(H,20,25)(H,22,23)/p+1. The Morgan fingerprint density at radius 3 is 2.24 bits per heavy atom. The lowest BCUT2D eigenvalue weighted by Gasteiger charge is -2.08. The number of nitrogens with two attached hydrogens (primary N) is 1. The van der Waals surface area contributed by atoms with Gasteiger partial charge in [0.05, 0.1) is 0 Å². The minimum atomic E-state index is -1.13. The van der Waals surface area contributed by atoms with Crippen molar-refractivity contribution in [1.29, 1.82) is 0 Å². The number of quaternary nitrogens is 1. The molecule has 0 saturated carbocycles. The van der Waals surface area contributed by atoms with E-state index >= 15 is 0 Å². The maximum absolute atomic E-state index is 12.2. The minimum absolute atomic E-state index is 0.287. The number of amides is 2. The number of rotatable bonds is 6. The van der Waals surface area contributed by atoms with Crippen molar-refractivity contribution in [3.05, 3.63) is 53.6 Å². The third kappa shape index (κ3) is 4.77. The molecule has 130 valence electrons. The van der Waals surface area contributed by atoms with Crippen molar-refractivity contribution in [1.82, 2.24) is 5.32 Å². The van der Waals surface area contributed by atoms with E-state index in [0.717, 1.165) is 0 Å². The number of nitrogens with one attached hydrogen (secondary N) is 3. The van der Waals surface area contributed by atoms with E-state index in [4.69, 9.17) is 10.9 Å². The van der Waals surface area contributed by atoms with E-state index in [0.29, 0.717) is 22.6 Å². The summed E-state index contributed by atoms with van der Waals surface area (Å²) in [6.45, 7) is -0.461. The highest BCUT2D eigenvalue weighted by molar-refractivity contribution is 6.05. The van der Waals surface area contributed by atoms with Crippen molar-refractivity contribution in [2.45, 2.75) is 0 Å². The lowest BCUT2D eigenvalue weighted by atomic mass is 10.1. The highest BCUT2D eigenvalue weighted by atomic mass is 16.4. The molecule has 0 atom stereocenters. The first-order valence-corrected chi connectivity index (χ1v) is 7.24.